The zero-order valence-corrected chi connectivity index (χ0v) is 10.4. The predicted molar refractivity (Wildman–Crippen MR) is 69.9 cm³/mol. The smallest absolute Gasteiger partial charge is 0.272 e. The molecule has 0 unspecified atom stereocenters. The van der Waals surface area contributed by atoms with Crippen LogP contribution in [0.2, 0.25) is 0 Å². The zero-order valence-electron chi connectivity index (χ0n) is 9.56. The Morgan fingerprint density at radius 2 is 2.35 bits per heavy atom. The topological polar surface area (TPSA) is 71.2 Å². The van der Waals surface area contributed by atoms with Gasteiger partial charge in [0.15, 0.2) is 0 Å². The van der Waals surface area contributed by atoms with Gasteiger partial charge < -0.3 is 10.3 Å². The van der Waals surface area contributed by atoms with Gasteiger partial charge in [-0.2, -0.15) is 11.8 Å². The average molecular weight is 252 g/mol. The molecule has 0 aliphatic carbocycles. The highest BCUT2D eigenvalue weighted by molar-refractivity contribution is 7.99. The fraction of sp³-hybridized carbons (Fsp3) is 0.455. The minimum absolute atomic E-state index is 0.00963. The highest BCUT2D eigenvalue weighted by Crippen LogP contribution is 2.14. The average Bonchev–Trinajstić information content (AvgIpc) is 2.67. The van der Waals surface area contributed by atoms with Gasteiger partial charge in [0.1, 0.15) is 5.69 Å². The quantitative estimate of drug-likeness (QED) is 0.605. The number of carbonyl (C=O) groups is 1. The van der Waals surface area contributed by atoms with Gasteiger partial charge in [-0.25, -0.2) is 0 Å². The van der Waals surface area contributed by atoms with E-state index in [1.165, 1.54) is 0 Å². The van der Waals surface area contributed by atoms with E-state index in [4.69, 9.17) is 5.84 Å². The number of hydrogen-bond donors (Lipinski definition) is 2. The Kier molecular flexibility index (Phi) is 4.22. The largest absolute Gasteiger partial charge is 0.336 e. The van der Waals surface area contributed by atoms with Crippen molar-refractivity contribution >= 4 is 23.4 Å². The van der Waals surface area contributed by atoms with Crippen molar-refractivity contribution in [2.24, 2.45) is 5.84 Å². The molecule has 0 radical (unpaired) electrons. The normalized spacial score (nSPS) is 16.4. The number of nitrogens with two attached hydrogens (primary N) is 1. The van der Waals surface area contributed by atoms with Crippen LogP contribution in [-0.4, -0.2) is 40.4 Å². The molecule has 3 N–H and O–H groups in total. The van der Waals surface area contributed by atoms with E-state index in [0.717, 1.165) is 31.0 Å². The van der Waals surface area contributed by atoms with Crippen LogP contribution in [0.5, 0.6) is 0 Å². The summed E-state index contributed by atoms with van der Waals surface area (Å²) in [4.78, 5) is 18.2. The number of rotatable bonds is 2. The van der Waals surface area contributed by atoms with E-state index in [1.54, 1.807) is 18.3 Å². The first kappa shape index (κ1) is 12.2. The minimum Gasteiger partial charge on any atom is -0.336 e. The summed E-state index contributed by atoms with van der Waals surface area (Å²) in [5, 5.41) is 0. The van der Waals surface area contributed by atoms with Crippen LogP contribution in [0.1, 0.15) is 16.9 Å². The van der Waals surface area contributed by atoms with E-state index in [1.807, 2.05) is 16.7 Å². The lowest BCUT2D eigenvalue weighted by Crippen LogP contribution is -2.33. The molecule has 1 aromatic rings. The molecule has 0 atom stereocenters. The Balaban J connectivity index is 2.11. The number of thioether (sulfide) groups is 1. The number of amides is 1. The molecule has 6 heteroatoms. The van der Waals surface area contributed by atoms with Crippen LogP contribution in [-0.2, 0) is 0 Å². The van der Waals surface area contributed by atoms with Gasteiger partial charge in [0, 0.05) is 25.0 Å². The van der Waals surface area contributed by atoms with E-state index >= 15 is 0 Å². The van der Waals surface area contributed by atoms with Crippen molar-refractivity contribution in [2.45, 2.75) is 6.42 Å². The lowest BCUT2D eigenvalue weighted by Gasteiger charge is -2.19. The maximum Gasteiger partial charge on any atom is 0.272 e. The molecule has 5 nitrogen and oxygen atoms in total. The standard InChI is InChI=1S/C11H16N4OS/c12-14-9-2-3-13-10(8-9)11(16)15-4-1-6-17-7-5-15/h2-3,8H,1,4-7,12H2,(H,13,14). The third-order valence-corrected chi connectivity index (χ3v) is 3.70. The summed E-state index contributed by atoms with van der Waals surface area (Å²) in [6.07, 6.45) is 2.64. The Morgan fingerprint density at radius 1 is 1.47 bits per heavy atom. The monoisotopic (exact) mass is 252 g/mol. The first-order chi connectivity index (χ1) is 8.31. The number of carbonyl (C=O) groups excluding carboxylic acids is 1. The summed E-state index contributed by atoms with van der Waals surface area (Å²) >= 11 is 1.89. The molecule has 0 saturated carbocycles. The summed E-state index contributed by atoms with van der Waals surface area (Å²) in [5.41, 5.74) is 3.68. The van der Waals surface area contributed by atoms with Gasteiger partial charge in [-0.15, -0.1) is 0 Å². The van der Waals surface area contributed by atoms with Crippen LogP contribution in [0.25, 0.3) is 0 Å². The Morgan fingerprint density at radius 3 is 3.18 bits per heavy atom. The van der Waals surface area contributed by atoms with Crippen LogP contribution < -0.4 is 11.3 Å². The molecule has 1 aromatic heterocycles. The molecule has 1 saturated heterocycles. The van der Waals surface area contributed by atoms with Crippen molar-refractivity contribution in [2.75, 3.05) is 30.0 Å². The number of hydrogen-bond acceptors (Lipinski definition) is 5. The molecule has 0 spiro atoms. The fourth-order valence-corrected chi connectivity index (χ4v) is 2.64. The molecule has 1 fully saturated rings. The zero-order chi connectivity index (χ0) is 12.1. The van der Waals surface area contributed by atoms with Crippen molar-refractivity contribution in [3.63, 3.8) is 0 Å². The van der Waals surface area contributed by atoms with E-state index in [-0.39, 0.29) is 5.91 Å². The van der Waals surface area contributed by atoms with Crippen LogP contribution in [0.4, 0.5) is 5.69 Å². The van der Waals surface area contributed by atoms with Gasteiger partial charge in [-0.1, -0.05) is 0 Å². The number of nitrogens with zero attached hydrogens (tertiary/aromatic N) is 2. The van der Waals surface area contributed by atoms with Crippen molar-refractivity contribution in [1.29, 1.82) is 0 Å². The van der Waals surface area contributed by atoms with Gasteiger partial charge in [0.05, 0.1) is 5.69 Å². The molecule has 2 heterocycles. The maximum absolute atomic E-state index is 12.2. The number of aromatic nitrogens is 1. The summed E-state index contributed by atoms with van der Waals surface area (Å²) in [6, 6.07) is 3.41. The highest BCUT2D eigenvalue weighted by atomic mass is 32.2. The van der Waals surface area contributed by atoms with Gasteiger partial charge in [-0.3, -0.25) is 15.6 Å². The number of nitrogens with one attached hydrogen (secondary N) is 1. The molecule has 92 valence electrons. The molecule has 1 aliphatic rings. The Labute approximate surface area is 105 Å². The summed E-state index contributed by atoms with van der Waals surface area (Å²) in [5.74, 6) is 7.43. The number of nitrogen functional groups attached to an aromatic ring is 1. The summed E-state index contributed by atoms with van der Waals surface area (Å²) in [7, 11) is 0. The van der Waals surface area contributed by atoms with E-state index in [2.05, 4.69) is 10.4 Å². The van der Waals surface area contributed by atoms with Crippen molar-refractivity contribution in [1.82, 2.24) is 9.88 Å². The summed E-state index contributed by atoms with van der Waals surface area (Å²) < 4.78 is 0. The number of hydrazine groups is 1. The van der Waals surface area contributed by atoms with Crippen molar-refractivity contribution in [3.8, 4) is 0 Å². The van der Waals surface area contributed by atoms with Crippen LogP contribution in [0.15, 0.2) is 18.3 Å². The molecule has 1 amide bonds. The second-order valence-corrected chi connectivity index (χ2v) is 5.06. The van der Waals surface area contributed by atoms with E-state index in [0.29, 0.717) is 11.4 Å². The van der Waals surface area contributed by atoms with Gasteiger partial charge in [0.2, 0.25) is 0 Å². The van der Waals surface area contributed by atoms with Crippen LogP contribution in [0.3, 0.4) is 0 Å². The summed E-state index contributed by atoms with van der Waals surface area (Å²) in [6.45, 7) is 1.61. The third-order valence-electron chi connectivity index (χ3n) is 2.66. The molecule has 0 aromatic carbocycles. The van der Waals surface area contributed by atoms with E-state index in [9.17, 15) is 4.79 Å². The molecular formula is C11H16N4OS. The predicted octanol–water partition coefficient (Wildman–Crippen LogP) is 0.946. The van der Waals surface area contributed by atoms with Crippen LogP contribution >= 0.6 is 11.8 Å². The Hall–Kier alpha value is -1.27. The number of anilines is 1. The van der Waals surface area contributed by atoms with Gasteiger partial charge in [-0.05, 0) is 24.3 Å². The second-order valence-electron chi connectivity index (χ2n) is 3.83. The SMILES string of the molecule is NNc1ccnc(C(=O)N2CCCSCC2)c1. The number of pyridine rings is 1. The highest BCUT2D eigenvalue weighted by Gasteiger charge is 2.18. The lowest BCUT2D eigenvalue weighted by molar-refractivity contribution is 0.0763. The first-order valence-corrected chi connectivity index (χ1v) is 6.76. The molecule has 17 heavy (non-hydrogen) atoms. The van der Waals surface area contributed by atoms with Crippen molar-refractivity contribution in [3.05, 3.63) is 24.0 Å². The van der Waals surface area contributed by atoms with E-state index < -0.39 is 0 Å². The molecule has 2 rings (SSSR count). The fourth-order valence-electron chi connectivity index (χ4n) is 1.75. The maximum atomic E-state index is 12.2. The Bertz CT molecular complexity index is 391. The molecular weight excluding hydrogens is 236 g/mol. The van der Waals surface area contributed by atoms with Crippen LogP contribution in [0, 0.1) is 0 Å². The molecule has 1 aliphatic heterocycles. The first-order valence-electron chi connectivity index (χ1n) is 5.61. The minimum atomic E-state index is -0.00963. The van der Waals surface area contributed by atoms with Gasteiger partial charge >= 0.3 is 0 Å². The third kappa shape index (κ3) is 3.10. The van der Waals surface area contributed by atoms with Gasteiger partial charge in [0.25, 0.3) is 5.91 Å². The van der Waals surface area contributed by atoms with Crippen molar-refractivity contribution < 1.29 is 4.79 Å². The second kappa shape index (κ2) is 5.88. The molecule has 0 bridgehead atoms. The lowest BCUT2D eigenvalue weighted by atomic mass is 10.2.